The van der Waals surface area contributed by atoms with Crippen molar-refractivity contribution in [3.63, 3.8) is 0 Å². The second-order valence-corrected chi connectivity index (χ2v) is 5.47. The SMILES string of the molecule is C=CCOC[C@@H]1c2nnn(C)c2CCN1Cc1cccnc1. The number of hydrogen-bond donors (Lipinski definition) is 0. The summed E-state index contributed by atoms with van der Waals surface area (Å²) in [6.45, 7) is 6.65. The molecule has 0 saturated carbocycles. The molecule has 2 aromatic heterocycles. The van der Waals surface area contributed by atoms with E-state index in [1.165, 1.54) is 11.3 Å². The van der Waals surface area contributed by atoms with E-state index in [1.807, 2.05) is 24.0 Å². The minimum absolute atomic E-state index is 0.123. The van der Waals surface area contributed by atoms with E-state index >= 15 is 0 Å². The Hall–Kier alpha value is -2.05. The lowest BCUT2D eigenvalue weighted by Crippen LogP contribution is -2.38. The Morgan fingerprint density at radius 3 is 3.18 bits per heavy atom. The average Bonchev–Trinajstić information content (AvgIpc) is 2.92. The number of aryl methyl sites for hydroxylation is 1. The molecule has 0 aliphatic carbocycles. The van der Waals surface area contributed by atoms with Gasteiger partial charge in [0.2, 0.25) is 0 Å². The van der Waals surface area contributed by atoms with E-state index in [9.17, 15) is 0 Å². The fourth-order valence-electron chi connectivity index (χ4n) is 2.88. The van der Waals surface area contributed by atoms with E-state index in [0.717, 1.165) is 25.2 Å². The zero-order chi connectivity index (χ0) is 15.4. The van der Waals surface area contributed by atoms with E-state index in [2.05, 4.69) is 32.8 Å². The number of aromatic nitrogens is 4. The second-order valence-electron chi connectivity index (χ2n) is 5.47. The first-order chi connectivity index (χ1) is 10.8. The van der Waals surface area contributed by atoms with Crippen LogP contribution in [0.25, 0.3) is 0 Å². The fraction of sp³-hybridized carbons (Fsp3) is 0.438. The maximum absolute atomic E-state index is 5.70. The van der Waals surface area contributed by atoms with Crippen molar-refractivity contribution >= 4 is 0 Å². The smallest absolute Gasteiger partial charge is 0.105 e. The van der Waals surface area contributed by atoms with E-state index in [-0.39, 0.29) is 6.04 Å². The van der Waals surface area contributed by atoms with Gasteiger partial charge in [-0.15, -0.1) is 11.7 Å². The molecule has 22 heavy (non-hydrogen) atoms. The van der Waals surface area contributed by atoms with Crippen molar-refractivity contribution in [2.24, 2.45) is 7.05 Å². The second kappa shape index (κ2) is 6.81. The van der Waals surface area contributed by atoms with E-state index < -0.39 is 0 Å². The molecule has 6 heteroatoms. The Bertz CT molecular complexity index is 625. The van der Waals surface area contributed by atoms with Gasteiger partial charge in [-0.1, -0.05) is 17.4 Å². The summed E-state index contributed by atoms with van der Waals surface area (Å²) in [4.78, 5) is 6.58. The molecule has 2 aromatic rings. The minimum Gasteiger partial charge on any atom is -0.375 e. The Balaban J connectivity index is 1.80. The fourth-order valence-corrected chi connectivity index (χ4v) is 2.88. The van der Waals surface area contributed by atoms with Gasteiger partial charge in [-0.3, -0.25) is 14.6 Å². The molecule has 3 heterocycles. The van der Waals surface area contributed by atoms with Crippen LogP contribution in [-0.2, 0) is 24.8 Å². The van der Waals surface area contributed by atoms with Gasteiger partial charge in [-0.2, -0.15) is 0 Å². The first kappa shape index (κ1) is 14.9. The van der Waals surface area contributed by atoms with Gasteiger partial charge < -0.3 is 4.74 Å². The lowest BCUT2D eigenvalue weighted by Gasteiger charge is -2.34. The molecule has 1 aliphatic rings. The maximum atomic E-state index is 5.70. The van der Waals surface area contributed by atoms with Crippen LogP contribution in [0.2, 0.25) is 0 Å². The molecule has 1 atom stereocenters. The van der Waals surface area contributed by atoms with Crippen LogP contribution in [0, 0.1) is 0 Å². The highest BCUT2D eigenvalue weighted by atomic mass is 16.5. The summed E-state index contributed by atoms with van der Waals surface area (Å²) in [7, 11) is 1.95. The third-order valence-electron chi connectivity index (χ3n) is 3.99. The molecule has 0 amide bonds. The predicted molar refractivity (Wildman–Crippen MR) is 83.1 cm³/mol. The van der Waals surface area contributed by atoms with Crippen LogP contribution < -0.4 is 0 Å². The number of hydrogen-bond acceptors (Lipinski definition) is 5. The molecule has 0 radical (unpaired) electrons. The first-order valence-corrected chi connectivity index (χ1v) is 7.49. The highest BCUT2D eigenvalue weighted by molar-refractivity contribution is 5.20. The van der Waals surface area contributed by atoms with Gasteiger partial charge in [0.15, 0.2) is 0 Å². The molecule has 1 aliphatic heterocycles. The van der Waals surface area contributed by atoms with Crippen LogP contribution >= 0.6 is 0 Å². The molecule has 3 rings (SSSR count). The Morgan fingerprint density at radius 1 is 1.50 bits per heavy atom. The molecule has 0 aromatic carbocycles. The lowest BCUT2D eigenvalue weighted by molar-refractivity contribution is 0.0599. The molecular formula is C16H21N5O. The number of ether oxygens (including phenoxy) is 1. The zero-order valence-electron chi connectivity index (χ0n) is 12.9. The number of rotatable bonds is 6. The van der Waals surface area contributed by atoms with Gasteiger partial charge in [0.1, 0.15) is 5.69 Å². The quantitative estimate of drug-likeness (QED) is 0.598. The summed E-state index contributed by atoms with van der Waals surface area (Å²) in [6.07, 6.45) is 6.43. The van der Waals surface area contributed by atoms with Crippen molar-refractivity contribution in [2.75, 3.05) is 19.8 Å². The van der Waals surface area contributed by atoms with Gasteiger partial charge in [0, 0.05) is 39.0 Å². The van der Waals surface area contributed by atoms with Gasteiger partial charge in [0.25, 0.3) is 0 Å². The molecule has 6 nitrogen and oxygen atoms in total. The summed E-state index contributed by atoms with van der Waals surface area (Å²) in [6, 6.07) is 4.19. The first-order valence-electron chi connectivity index (χ1n) is 7.49. The summed E-state index contributed by atoms with van der Waals surface area (Å²) >= 11 is 0. The highest BCUT2D eigenvalue weighted by Gasteiger charge is 2.31. The zero-order valence-corrected chi connectivity index (χ0v) is 12.9. The van der Waals surface area contributed by atoms with Crippen LogP contribution in [0.15, 0.2) is 37.2 Å². The Morgan fingerprint density at radius 2 is 2.41 bits per heavy atom. The summed E-state index contributed by atoms with van der Waals surface area (Å²) in [5.74, 6) is 0. The van der Waals surface area contributed by atoms with Crippen molar-refractivity contribution in [3.05, 3.63) is 54.1 Å². The van der Waals surface area contributed by atoms with Crippen LogP contribution in [0.4, 0.5) is 0 Å². The van der Waals surface area contributed by atoms with Crippen molar-refractivity contribution in [1.82, 2.24) is 24.9 Å². The molecule has 0 unspecified atom stereocenters. The van der Waals surface area contributed by atoms with Crippen molar-refractivity contribution in [2.45, 2.75) is 19.0 Å². The Labute approximate surface area is 130 Å². The van der Waals surface area contributed by atoms with Crippen LogP contribution in [0.3, 0.4) is 0 Å². The van der Waals surface area contributed by atoms with Crippen molar-refractivity contribution < 1.29 is 4.74 Å². The van der Waals surface area contributed by atoms with E-state index in [4.69, 9.17) is 4.74 Å². The molecule has 116 valence electrons. The van der Waals surface area contributed by atoms with Gasteiger partial charge in [-0.05, 0) is 11.6 Å². The number of fused-ring (bicyclic) bond motifs is 1. The molecule has 0 saturated heterocycles. The van der Waals surface area contributed by atoms with Crippen molar-refractivity contribution in [3.8, 4) is 0 Å². The number of nitrogens with zero attached hydrogens (tertiary/aromatic N) is 5. The van der Waals surface area contributed by atoms with E-state index in [1.54, 1.807) is 12.3 Å². The van der Waals surface area contributed by atoms with Crippen LogP contribution in [-0.4, -0.2) is 44.6 Å². The predicted octanol–water partition coefficient (Wildman–Crippen LogP) is 1.51. The topological polar surface area (TPSA) is 56.1 Å². The standard InChI is InChI=1S/C16H21N5O/c1-3-9-22-12-15-16-14(20(2)19-18-16)6-8-21(15)11-13-5-4-7-17-10-13/h3-5,7,10,15H,1,6,8-9,11-12H2,2H3/t15-/m1/s1. The Kier molecular flexibility index (Phi) is 4.60. The molecule has 0 spiro atoms. The molecule has 0 bridgehead atoms. The van der Waals surface area contributed by atoms with E-state index in [0.29, 0.717) is 13.2 Å². The summed E-state index contributed by atoms with van der Waals surface area (Å²) in [5, 5.41) is 8.53. The molecule has 0 fully saturated rings. The summed E-state index contributed by atoms with van der Waals surface area (Å²) < 4.78 is 7.58. The molecule has 0 N–H and O–H groups in total. The van der Waals surface area contributed by atoms with Crippen LogP contribution in [0.5, 0.6) is 0 Å². The minimum atomic E-state index is 0.123. The monoisotopic (exact) mass is 299 g/mol. The molecular weight excluding hydrogens is 278 g/mol. The largest absolute Gasteiger partial charge is 0.375 e. The van der Waals surface area contributed by atoms with Gasteiger partial charge in [0.05, 0.1) is 24.9 Å². The summed E-state index contributed by atoms with van der Waals surface area (Å²) in [5.41, 5.74) is 3.43. The maximum Gasteiger partial charge on any atom is 0.105 e. The van der Waals surface area contributed by atoms with Crippen molar-refractivity contribution in [1.29, 1.82) is 0 Å². The normalized spacial score (nSPS) is 18.1. The number of pyridine rings is 1. The average molecular weight is 299 g/mol. The lowest BCUT2D eigenvalue weighted by atomic mass is 10.0. The highest BCUT2D eigenvalue weighted by Crippen LogP contribution is 2.29. The third kappa shape index (κ3) is 3.08. The third-order valence-corrected chi connectivity index (χ3v) is 3.99. The van der Waals surface area contributed by atoms with Gasteiger partial charge >= 0.3 is 0 Å². The van der Waals surface area contributed by atoms with Crippen LogP contribution in [0.1, 0.15) is 23.0 Å². The van der Waals surface area contributed by atoms with Gasteiger partial charge in [-0.25, -0.2) is 0 Å².